The molecule has 0 radical (unpaired) electrons. The molecule has 0 spiro atoms. The zero-order valence-electron chi connectivity index (χ0n) is 12.1. The van der Waals surface area contributed by atoms with E-state index in [4.69, 9.17) is 10.5 Å². The zero-order chi connectivity index (χ0) is 13.5. The molecule has 1 aromatic carbocycles. The fourth-order valence-corrected chi connectivity index (χ4v) is 1.89. The molecule has 1 rings (SSSR count). The van der Waals surface area contributed by atoms with E-state index in [1.165, 1.54) is 19.3 Å². The van der Waals surface area contributed by atoms with E-state index in [0.29, 0.717) is 0 Å². The number of benzene rings is 1. The van der Waals surface area contributed by atoms with Crippen molar-refractivity contribution < 1.29 is 4.74 Å². The number of hydrogen-bond acceptors (Lipinski definition) is 3. The average Bonchev–Trinajstić information content (AvgIpc) is 2.27. The van der Waals surface area contributed by atoms with Crippen molar-refractivity contribution in [2.24, 2.45) is 0 Å². The van der Waals surface area contributed by atoms with Gasteiger partial charge in [0.1, 0.15) is 5.75 Å². The van der Waals surface area contributed by atoms with E-state index < -0.39 is 0 Å². The SMILES string of the molecule is CCCCCN(C)c1cc(N)cc(OC(C)C)c1. The van der Waals surface area contributed by atoms with Crippen LogP contribution in [-0.4, -0.2) is 19.7 Å². The van der Waals surface area contributed by atoms with Crippen LogP contribution in [0.15, 0.2) is 18.2 Å². The predicted molar refractivity (Wildman–Crippen MR) is 79.4 cm³/mol. The summed E-state index contributed by atoms with van der Waals surface area (Å²) in [7, 11) is 2.10. The molecule has 0 aromatic heterocycles. The molecule has 0 bridgehead atoms. The molecule has 0 aliphatic carbocycles. The van der Waals surface area contributed by atoms with Crippen LogP contribution in [0.25, 0.3) is 0 Å². The Morgan fingerprint density at radius 1 is 1.22 bits per heavy atom. The molecule has 102 valence electrons. The van der Waals surface area contributed by atoms with Crippen LogP contribution >= 0.6 is 0 Å². The minimum absolute atomic E-state index is 0.171. The van der Waals surface area contributed by atoms with Crippen molar-refractivity contribution in [2.45, 2.75) is 46.1 Å². The molecular weight excluding hydrogens is 224 g/mol. The first-order valence-electron chi connectivity index (χ1n) is 6.81. The predicted octanol–water partition coefficient (Wildman–Crippen LogP) is 3.68. The molecular formula is C15H26N2O. The molecule has 0 aliphatic heterocycles. The number of ether oxygens (including phenoxy) is 1. The third-order valence-electron chi connectivity index (χ3n) is 2.82. The highest BCUT2D eigenvalue weighted by atomic mass is 16.5. The topological polar surface area (TPSA) is 38.5 Å². The average molecular weight is 250 g/mol. The summed E-state index contributed by atoms with van der Waals surface area (Å²) in [5.41, 5.74) is 7.80. The number of unbranched alkanes of at least 4 members (excludes halogenated alkanes) is 2. The Morgan fingerprint density at radius 2 is 1.94 bits per heavy atom. The van der Waals surface area contributed by atoms with E-state index in [1.807, 2.05) is 26.0 Å². The summed E-state index contributed by atoms with van der Waals surface area (Å²) in [5.74, 6) is 0.849. The van der Waals surface area contributed by atoms with Crippen molar-refractivity contribution in [3.05, 3.63) is 18.2 Å². The largest absolute Gasteiger partial charge is 0.491 e. The molecule has 0 saturated heterocycles. The number of nitrogens with two attached hydrogens (primary N) is 1. The maximum atomic E-state index is 5.92. The second-order valence-corrected chi connectivity index (χ2v) is 5.06. The van der Waals surface area contributed by atoms with E-state index in [2.05, 4.69) is 24.9 Å². The van der Waals surface area contributed by atoms with E-state index in [0.717, 1.165) is 23.7 Å². The number of rotatable bonds is 7. The van der Waals surface area contributed by atoms with Gasteiger partial charge in [0.25, 0.3) is 0 Å². The summed E-state index contributed by atoms with van der Waals surface area (Å²) >= 11 is 0. The summed E-state index contributed by atoms with van der Waals surface area (Å²) in [4.78, 5) is 2.24. The Labute approximate surface area is 111 Å². The first-order chi connectivity index (χ1) is 8.52. The maximum Gasteiger partial charge on any atom is 0.123 e. The second kappa shape index (κ2) is 7.14. The Morgan fingerprint density at radius 3 is 2.56 bits per heavy atom. The summed E-state index contributed by atoms with van der Waals surface area (Å²) in [5, 5.41) is 0. The van der Waals surface area contributed by atoms with Gasteiger partial charge in [0, 0.05) is 37.1 Å². The number of anilines is 2. The molecule has 0 aliphatic rings. The van der Waals surface area contributed by atoms with E-state index in [1.54, 1.807) is 0 Å². The first kappa shape index (κ1) is 14.7. The van der Waals surface area contributed by atoms with Gasteiger partial charge < -0.3 is 15.4 Å². The molecule has 0 heterocycles. The Kier molecular flexibility index (Phi) is 5.83. The van der Waals surface area contributed by atoms with E-state index >= 15 is 0 Å². The van der Waals surface area contributed by atoms with Gasteiger partial charge in [-0.3, -0.25) is 0 Å². The Hall–Kier alpha value is -1.38. The molecule has 18 heavy (non-hydrogen) atoms. The van der Waals surface area contributed by atoms with Crippen LogP contribution in [-0.2, 0) is 0 Å². The van der Waals surface area contributed by atoms with Gasteiger partial charge in [-0.25, -0.2) is 0 Å². The van der Waals surface area contributed by atoms with Gasteiger partial charge in [0.05, 0.1) is 6.10 Å². The highest BCUT2D eigenvalue weighted by Gasteiger charge is 2.06. The van der Waals surface area contributed by atoms with Crippen molar-refractivity contribution in [1.82, 2.24) is 0 Å². The number of nitrogen functional groups attached to an aromatic ring is 1. The number of nitrogens with zero attached hydrogens (tertiary/aromatic N) is 1. The lowest BCUT2D eigenvalue weighted by Gasteiger charge is -2.21. The van der Waals surface area contributed by atoms with Crippen LogP contribution in [0, 0.1) is 0 Å². The van der Waals surface area contributed by atoms with E-state index in [-0.39, 0.29) is 6.10 Å². The van der Waals surface area contributed by atoms with Crippen LogP contribution in [0.1, 0.15) is 40.0 Å². The van der Waals surface area contributed by atoms with Gasteiger partial charge in [0.2, 0.25) is 0 Å². The standard InChI is InChI=1S/C15H26N2O/c1-5-6-7-8-17(4)14-9-13(16)10-15(11-14)18-12(2)3/h9-12H,5-8,16H2,1-4H3. The minimum Gasteiger partial charge on any atom is -0.491 e. The highest BCUT2D eigenvalue weighted by molar-refractivity contribution is 5.60. The Bertz CT molecular complexity index is 364. The highest BCUT2D eigenvalue weighted by Crippen LogP contribution is 2.25. The number of hydrogen-bond donors (Lipinski definition) is 1. The summed E-state index contributed by atoms with van der Waals surface area (Å²) in [6.45, 7) is 7.31. The van der Waals surface area contributed by atoms with E-state index in [9.17, 15) is 0 Å². The van der Waals surface area contributed by atoms with Crippen LogP contribution in [0.4, 0.5) is 11.4 Å². The molecule has 0 fully saturated rings. The lowest BCUT2D eigenvalue weighted by atomic mass is 10.2. The van der Waals surface area contributed by atoms with Gasteiger partial charge in [-0.05, 0) is 26.3 Å². The third-order valence-corrected chi connectivity index (χ3v) is 2.82. The van der Waals surface area contributed by atoms with Crippen molar-refractivity contribution in [3.63, 3.8) is 0 Å². The van der Waals surface area contributed by atoms with Gasteiger partial charge in [0.15, 0.2) is 0 Å². The molecule has 2 N–H and O–H groups in total. The smallest absolute Gasteiger partial charge is 0.123 e. The van der Waals surface area contributed by atoms with Gasteiger partial charge in [-0.15, -0.1) is 0 Å². The first-order valence-corrected chi connectivity index (χ1v) is 6.81. The molecule has 0 unspecified atom stereocenters. The quantitative estimate of drug-likeness (QED) is 0.592. The van der Waals surface area contributed by atoms with Crippen molar-refractivity contribution >= 4 is 11.4 Å². The van der Waals surface area contributed by atoms with Gasteiger partial charge >= 0.3 is 0 Å². The zero-order valence-corrected chi connectivity index (χ0v) is 12.1. The van der Waals surface area contributed by atoms with Crippen LogP contribution in [0.3, 0.4) is 0 Å². The molecule has 1 aromatic rings. The summed E-state index contributed by atoms with van der Waals surface area (Å²) < 4.78 is 5.70. The molecule has 3 nitrogen and oxygen atoms in total. The lowest BCUT2D eigenvalue weighted by Crippen LogP contribution is -2.18. The molecule has 0 atom stereocenters. The van der Waals surface area contributed by atoms with Crippen molar-refractivity contribution in [3.8, 4) is 5.75 Å². The summed E-state index contributed by atoms with van der Waals surface area (Å²) in [6, 6.07) is 5.94. The monoisotopic (exact) mass is 250 g/mol. The fraction of sp³-hybridized carbons (Fsp3) is 0.600. The van der Waals surface area contributed by atoms with Gasteiger partial charge in [-0.2, -0.15) is 0 Å². The second-order valence-electron chi connectivity index (χ2n) is 5.06. The van der Waals surface area contributed by atoms with Crippen LogP contribution in [0.2, 0.25) is 0 Å². The van der Waals surface area contributed by atoms with Crippen molar-refractivity contribution in [1.29, 1.82) is 0 Å². The van der Waals surface area contributed by atoms with Gasteiger partial charge in [-0.1, -0.05) is 19.8 Å². The maximum absolute atomic E-state index is 5.92. The fourth-order valence-electron chi connectivity index (χ4n) is 1.89. The lowest BCUT2D eigenvalue weighted by molar-refractivity contribution is 0.242. The normalized spacial score (nSPS) is 10.7. The van der Waals surface area contributed by atoms with Crippen LogP contribution in [0.5, 0.6) is 5.75 Å². The van der Waals surface area contributed by atoms with Crippen LogP contribution < -0.4 is 15.4 Å². The van der Waals surface area contributed by atoms with Crippen molar-refractivity contribution in [2.75, 3.05) is 24.2 Å². The Balaban J connectivity index is 2.71. The minimum atomic E-state index is 0.171. The molecule has 0 amide bonds. The molecule has 0 saturated carbocycles. The summed E-state index contributed by atoms with van der Waals surface area (Å²) in [6.07, 6.45) is 3.89. The molecule has 3 heteroatoms. The third kappa shape index (κ3) is 4.86.